The number of aryl methyl sites for hydroxylation is 1. The number of amides is 1. The Morgan fingerprint density at radius 3 is 2.58 bits per heavy atom. The zero-order valence-electron chi connectivity index (χ0n) is 13.6. The Kier molecular flexibility index (Phi) is 4.57. The molecule has 0 spiro atoms. The number of methoxy groups -OCH3 is 1. The predicted octanol–water partition coefficient (Wildman–Crippen LogP) is 4.01. The van der Waals surface area contributed by atoms with Crippen LogP contribution in [0.25, 0.3) is 0 Å². The van der Waals surface area contributed by atoms with Crippen molar-refractivity contribution in [1.82, 2.24) is 5.01 Å². The van der Waals surface area contributed by atoms with E-state index in [0.717, 1.165) is 21.2 Å². The summed E-state index contributed by atoms with van der Waals surface area (Å²) in [6.07, 6.45) is -0.661. The number of rotatable bonds is 3. The number of carbonyl (C=O) groups is 1. The molecule has 1 heterocycles. The molecule has 24 heavy (non-hydrogen) atoms. The number of halogens is 1. The highest BCUT2D eigenvalue weighted by molar-refractivity contribution is 9.10. The maximum atomic E-state index is 12.0. The number of nitrogens with zero attached hydrogens (tertiary/aromatic N) is 2. The average Bonchev–Trinajstić information content (AvgIpc) is 3.01. The summed E-state index contributed by atoms with van der Waals surface area (Å²) < 4.78 is 12.3. The molecule has 5 nitrogen and oxygen atoms in total. The third-order valence-electron chi connectivity index (χ3n) is 3.72. The Morgan fingerprint density at radius 1 is 1.25 bits per heavy atom. The van der Waals surface area contributed by atoms with Crippen LogP contribution in [0.2, 0.25) is 0 Å². The number of ether oxygens (including phenoxy) is 2. The first-order chi connectivity index (χ1) is 11.5. The van der Waals surface area contributed by atoms with Gasteiger partial charge in [-0.3, -0.25) is 4.79 Å². The summed E-state index contributed by atoms with van der Waals surface area (Å²) >= 11 is 3.45. The number of hydrogen-bond donors (Lipinski definition) is 0. The lowest BCUT2D eigenvalue weighted by molar-refractivity contribution is -0.135. The van der Waals surface area contributed by atoms with Crippen molar-refractivity contribution in [3.8, 4) is 5.75 Å². The van der Waals surface area contributed by atoms with Gasteiger partial charge in [0.2, 0.25) is 18.0 Å². The Hall–Kier alpha value is -2.34. The van der Waals surface area contributed by atoms with E-state index in [0.29, 0.717) is 11.6 Å². The molecular weight excluding hydrogens is 372 g/mol. The molecule has 0 bridgehead atoms. The molecule has 0 aromatic heterocycles. The number of hydrazone groups is 1. The molecule has 3 rings (SSSR count). The second-order valence-corrected chi connectivity index (χ2v) is 6.41. The smallest absolute Gasteiger partial charge is 0.243 e. The highest BCUT2D eigenvalue weighted by atomic mass is 79.9. The summed E-state index contributed by atoms with van der Waals surface area (Å²) in [6, 6.07) is 13.4. The van der Waals surface area contributed by atoms with E-state index in [2.05, 4.69) is 21.0 Å². The van der Waals surface area contributed by atoms with E-state index >= 15 is 0 Å². The van der Waals surface area contributed by atoms with Gasteiger partial charge in [0, 0.05) is 17.0 Å². The van der Waals surface area contributed by atoms with E-state index < -0.39 is 6.23 Å². The van der Waals surface area contributed by atoms with E-state index in [4.69, 9.17) is 9.47 Å². The van der Waals surface area contributed by atoms with Crippen molar-refractivity contribution in [1.29, 1.82) is 0 Å². The van der Waals surface area contributed by atoms with Crippen LogP contribution in [0.4, 0.5) is 0 Å². The first-order valence-electron chi connectivity index (χ1n) is 7.45. The van der Waals surface area contributed by atoms with Gasteiger partial charge in [-0.25, -0.2) is 0 Å². The molecule has 0 saturated carbocycles. The quantitative estimate of drug-likeness (QED) is 0.797. The van der Waals surface area contributed by atoms with Crippen molar-refractivity contribution in [2.75, 3.05) is 7.11 Å². The molecule has 1 amide bonds. The van der Waals surface area contributed by atoms with Gasteiger partial charge in [-0.2, -0.15) is 5.01 Å². The van der Waals surface area contributed by atoms with Crippen LogP contribution >= 0.6 is 15.9 Å². The van der Waals surface area contributed by atoms with Crippen molar-refractivity contribution >= 4 is 27.7 Å². The van der Waals surface area contributed by atoms with Crippen LogP contribution in [0, 0.1) is 6.92 Å². The first-order valence-corrected chi connectivity index (χ1v) is 8.24. The van der Waals surface area contributed by atoms with Gasteiger partial charge in [-0.15, -0.1) is 5.10 Å². The topological polar surface area (TPSA) is 51.1 Å². The van der Waals surface area contributed by atoms with Crippen LogP contribution in [-0.2, 0) is 9.53 Å². The van der Waals surface area contributed by atoms with Crippen molar-refractivity contribution in [3.63, 3.8) is 0 Å². The van der Waals surface area contributed by atoms with Crippen molar-refractivity contribution in [3.05, 3.63) is 63.6 Å². The fourth-order valence-electron chi connectivity index (χ4n) is 2.48. The standard InChI is InChI=1S/C18H17BrN2O3/c1-11-4-6-13(7-5-11)17-20-21(12(2)22)18(24-17)15-10-14(19)8-9-16(15)23-3/h4-10,18H,1-3H3. The molecule has 0 N–H and O–H groups in total. The fraction of sp³-hybridized carbons (Fsp3) is 0.222. The van der Waals surface area contributed by atoms with Gasteiger partial charge >= 0.3 is 0 Å². The largest absolute Gasteiger partial charge is 0.496 e. The second-order valence-electron chi connectivity index (χ2n) is 5.49. The molecule has 1 unspecified atom stereocenters. The monoisotopic (exact) mass is 388 g/mol. The van der Waals surface area contributed by atoms with Crippen LogP contribution in [-0.4, -0.2) is 23.9 Å². The van der Waals surface area contributed by atoms with Crippen molar-refractivity contribution in [2.45, 2.75) is 20.1 Å². The molecule has 2 aromatic rings. The zero-order valence-corrected chi connectivity index (χ0v) is 15.2. The molecule has 124 valence electrons. The average molecular weight is 389 g/mol. The molecule has 0 radical (unpaired) electrons. The first kappa shape index (κ1) is 16.5. The van der Waals surface area contributed by atoms with Crippen molar-refractivity contribution in [2.24, 2.45) is 5.10 Å². The van der Waals surface area contributed by atoms with Crippen LogP contribution in [0.15, 0.2) is 52.0 Å². The van der Waals surface area contributed by atoms with Gasteiger partial charge in [-0.05, 0) is 37.3 Å². The van der Waals surface area contributed by atoms with Gasteiger partial charge in [0.15, 0.2) is 0 Å². The maximum Gasteiger partial charge on any atom is 0.243 e. The van der Waals surface area contributed by atoms with E-state index in [1.165, 1.54) is 11.9 Å². The van der Waals surface area contributed by atoms with Crippen LogP contribution in [0.3, 0.4) is 0 Å². The van der Waals surface area contributed by atoms with Gasteiger partial charge < -0.3 is 9.47 Å². The zero-order chi connectivity index (χ0) is 17.3. The molecule has 1 aliphatic rings. The van der Waals surface area contributed by atoms with E-state index in [1.54, 1.807) is 7.11 Å². The Bertz CT molecular complexity index is 802. The van der Waals surface area contributed by atoms with Crippen LogP contribution < -0.4 is 4.74 Å². The Labute approximate surface area is 149 Å². The lowest BCUT2D eigenvalue weighted by Gasteiger charge is -2.21. The molecular formula is C18H17BrN2O3. The van der Waals surface area contributed by atoms with Crippen LogP contribution in [0.5, 0.6) is 5.75 Å². The third-order valence-corrected chi connectivity index (χ3v) is 4.22. The normalized spacial score (nSPS) is 16.6. The second kappa shape index (κ2) is 6.65. The summed E-state index contributed by atoms with van der Waals surface area (Å²) in [6.45, 7) is 3.47. The Morgan fingerprint density at radius 2 is 1.96 bits per heavy atom. The maximum absolute atomic E-state index is 12.0. The van der Waals surface area contributed by atoms with Crippen molar-refractivity contribution < 1.29 is 14.3 Å². The fourth-order valence-corrected chi connectivity index (χ4v) is 2.86. The lowest BCUT2D eigenvalue weighted by atomic mass is 10.1. The SMILES string of the molecule is COc1ccc(Br)cc1C1OC(c2ccc(C)cc2)=NN1C(C)=O. The van der Waals surface area contributed by atoms with Gasteiger partial charge in [0.25, 0.3) is 0 Å². The summed E-state index contributed by atoms with van der Waals surface area (Å²) in [7, 11) is 1.58. The minimum Gasteiger partial charge on any atom is -0.496 e. The third kappa shape index (κ3) is 3.14. The van der Waals surface area contributed by atoms with Gasteiger partial charge in [-0.1, -0.05) is 33.6 Å². The minimum atomic E-state index is -0.661. The molecule has 6 heteroatoms. The number of carbonyl (C=O) groups excluding carboxylic acids is 1. The summed E-state index contributed by atoms with van der Waals surface area (Å²) in [4.78, 5) is 12.0. The number of benzene rings is 2. The molecule has 2 aromatic carbocycles. The summed E-state index contributed by atoms with van der Waals surface area (Å²) in [5.41, 5.74) is 2.70. The summed E-state index contributed by atoms with van der Waals surface area (Å²) in [5, 5.41) is 5.69. The lowest BCUT2D eigenvalue weighted by Crippen LogP contribution is -2.25. The van der Waals surface area contributed by atoms with Crippen LogP contribution in [0.1, 0.15) is 29.8 Å². The molecule has 0 fully saturated rings. The van der Waals surface area contributed by atoms with Gasteiger partial charge in [0.05, 0.1) is 12.7 Å². The molecule has 0 aliphatic carbocycles. The predicted molar refractivity (Wildman–Crippen MR) is 94.8 cm³/mol. The van der Waals surface area contributed by atoms with E-state index in [9.17, 15) is 4.79 Å². The number of hydrogen-bond acceptors (Lipinski definition) is 4. The van der Waals surface area contributed by atoms with E-state index in [-0.39, 0.29) is 5.91 Å². The van der Waals surface area contributed by atoms with Gasteiger partial charge in [0.1, 0.15) is 5.75 Å². The minimum absolute atomic E-state index is 0.204. The highest BCUT2D eigenvalue weighted by Crippen LogP contribution is 2.37. The molecule has 1 aliphatic heterocycles. The molecule has 1 atom stereocenters. The Balaban J connectivity index is 2.00. The highest BCUT2D eigenvalue weighted by Gasteiger charge is 2.35. The summed E-state index contributed by atoms with van der Waals surface area (Å²) in [5.74, 6) is 0.844. The molecule has 0 saturated heterocycles. The van der Waals surface area contributed by atoms with E-state index in [1.807, 2.05) is 49.4 Å².